The number of aromatic nitrogens is 2. The monoisotopic (exact) mass is 274 g/mol. The van der Waals surface area contributed by atoms with Crippen LogP contribution in [0.15, 0.2) is 12.4 Å². The zero-order chi connectivity index (χ0) is 13.9. The van der Waals surface area contributed by atoms with Crippen LogP contribution in [0, 0.1) is 0 Å². The van der Waals surface area contributed by atoms with Crippen molar-refractivity contribution in [2.45, 2.75) is 6.18 Å². The van der Waals surface area contributed by atoms with Crippen LogP contribution in [0.5, 0.6) is 0 Å². The van der Waals surface area contributed by atoms with Crippen LogP contribution in [0.2, 0.25) is 0 Å². The third-order valence-corrected chi connectivity index (χ3v) is 2.85. The first-order chi connectivity index (χ1) is 8.98. The van der Waals surface area contributed by atoms with Crippen LogP contribution in [0.3, 0.4) is 0 Å². The van der Waals surface area contributed by atoms with Crippen molar-refractivity contribution in [1.82, 2.24) is 14.9 Å². The average Bonchev–Trinajstić information content (AvgIpc) is 2.38. The van der Waals surface area contributed by atoms with Crippen molar-refractivity contribution >= 4 is 12.2 Å². The summed E-state index contributed by atoms with van der Waals surface area (Å²) in [6.45, 7) is 0.634. The molecule has 0 N–H and O–H groups in total. The third-order valence-electron chi connectivity index (χ3n) is 2.85. The van der Waals surface area contributed by atoms with E-state index in [1.54, 1.807) is 0 Å². The second-order valence-corrected chi connectivity index (χ2v) is 4.31. The van der Waals surface area contributed by atoms with E-state index in [-0.39, 0.29) is 0 Å². The van der Waals surface area contributed by atoms with E-state index in [9.17, 15) is 18.0 Å². The molecule has 0 aromatic carbocycles. The molecule has 1 saturated heterocycles. The van der Waals surface area contributed by atoms with Gasteiger partial charge in [-0.05, 0) is 0 Å². The Balaban J connectivity index is 1.90. The molecule has 1 aliphatic heterocycles. The number of aldehydes is 1. The largest absolute Gasteiger partial charge is 0.401 e. The molecule has 2 rings (SSSR count). The van der Waals surface area contributed by atoms with Gasteiger partial charge in [0, 0.05) is 38.6 Å². The predicted molar refractivity (Wildman–Crippen MR) is 62.1 cm³/mol. The molecular weight excluding hydrogens is 261 g/mol. The number of hydrogen-bond acceptors (Lipinski definition) is 5. The normalized spacial score (nSPS) is 17.5. The van der Waals surface area contributed by atoms with Crippen molar-refractivity contribution in [2.24, 2.45) is 0 Å². The van der Waals surface area contributed by atoms with Gasteiger partial charge < -0.3 is 4.90 Å². The highest BCUT2D eigenvalue weighted by Gasteiger charge is 2.32. The molecule has 0 unspecified atom stereocenters. The number of carbonyl (C=O) groups is 1. The van der Waals surface area contributed by atoms with Gasteiger partial charge in [-0.2, -0.15) is 13.2 Å². The first-order valence-electron chi connectivity index (χ1n) is 5.79. The van der Waals surface area contributed by atoms with Crippen LogP contribution in [-0.4, -0.2) is 60.1 Å². The summed E-state index contributed by atoms with van der Waals surface area (Å²) < 4.78 is 36.7. The van der Waals surface area contributed by atoms with E-state index in [4.69, 9.17) is 0 Å². The maximum absolute atomic E-state index is 12.2. The van der Waals surface area contributed by atoms with Crippen molar-refractivity contribution < 1.29 is 18.0 Å². The molecule has 104 valence electrons. The van der Waals surface area contributed by atoms with E-state index in [2.05, 4.69) is 9.97 Å². The number of piperazine rings is 1. The average molecular weight is 274 g/mol. The van der Waals surface area contributed by atoms with Crippen LogP contribution >= 0.6 is 0 Å². The van der Waals surface area contributed by atoms with E-state index in [0.717, 1.165) is 0 Å². The Labute approximate surface area is 108 Å². The van der Waals surface area contributed by atoms with Gasteiger partial charge >= 0.3 is 6.18 Å². The highest BCUT2D eigenvalue weighted by Crippen LogP contribution is 2.18. The quantitative estimate of drug-likeness (QED) is 0.769. The Hall–Kier alpha value is -1.70. The van der Waals surface area contributed by atoms with Gasteiger partial charge in [0.05, 0.1) is 12.1 Å². The summed E-state index contributed by atoms with van der Waals surface area (Å²) >= 11 is 0. The van der Waals surface area contributed by atoms with Gasteiger partial charge in [-0.25, -0.2) is 9.97 Å². The topological polar surface area (TPSA) is 49.3 Å². The van der Waals surface area contributed by atoms with Gasteiger partial charge in [0.25, 0.3) is 0 Å². The second-order valence-electron chi connectivity index (χ2n) is 4.31. The molecule has 0 bridgehead atoms. The summed E-state index contributed by atoms with van der Waals surface area (Å²) in [5.41, 5.74) is 0.374. The summed E-state index contributed by atoms with van der Waals surface area (Å²) in [4.78, 5) is 21.7. The van der Waals surface area contributed by atoms with Gasteiger partial charge in [-0.1, -0.05) is 0 Å². The van der Waals surface area contributed by atoms with Crippen LogP contribution in [0.1, 0.15) is 10.4 Å². The van der Waals surface area contributed by atoms with Crippen molar-refractivity contribution in [2.75, 3.05) is 37.6 Å². The highest BCUT2D eigenvalue weighted by atomic mass is 19.4. The van der Waals surface area contributed by atoms with E-state index in [0.29, 0.717) is 44.0 Å². The molecule has 1 aromatic rings. The summed E-state index contributed by atoms with van der Waals surface area (Å²) in [5.74, 6) is 0.442. The van der Waals surface area contributed by atoms with Crippen molar-refractivity contribution in [1.29, 1.82) is 0 Å². The molecule has 0 atom stereocenters. The van der Waals surface area contributed by atoms with Crippen LogP contribution in [0.4, 0.5) is 19.1 Å². The van der Waals surface area contributed by atoms with E-state index < -0.39 is 12.7 Å². The van der Waals surface area contributed by atoms with Crippen LogP contribution in [-0.2, 0) is 0 Å². The predicted octanol–water partition coefficient (Wildman–Crippen LogP) is 0.973. The number of nitrogens with zero attached hydrogens (tertiary/aromatic N) is 4. The molecule has 2 heterocycles. The molecule has 8 heteroatoms. The van der Waals surface area contributed by atoms with Gasteiger partial charge in [0.15, 0.2) is 6.29 Å². The van der Waals surface area contributed by atoms with Gasteiger partial charge in [0.2, 0.25) is 5.95 Å². The van der Waals surface area contributed by atoms with E-state index >= 15 is 0 Å². The van der Waals surface area contributed by atoms with Crippen molar-refractivity contribution in [3.63, 3.8) is 0 Å². The van der Waals surface area contributed by atoms with Crippen LogP contribution in [0.25, 0.3) is 0 Å². The minimum atomic E-state index is -4.16. The van der Waals surface area contributed by atoms with E-state index in [1.807, 2.05) is 4.90 Å². The lowest BCUT2D eigenvalue weighted by Crippen LogP contribution is -2.49. The number of anilines is 1. The number of alkyl halides is 3. The fourth-order valence-electron chi connectivity index (χ4n) is 1.91. The molecule has 19 heavy (non-hydrogen) atoms. The summed E-state index contributed by atoms with van der Waals surface area (Å²) in [6.07, 6.45) is -0.718. The van der Waals surface area contributed by atoms with Crippen LogP contribution < -0.4 is 4.90 Å². The lowest BCUT2D eigenvalue weighted by Gasteiger charge is -2.34. The number of halogens is 3. The van der Waals surface area contributed by atoms with Gasteiger partial charge in [-0.15, -0.1) is 0 Å². The molecule has 5 nitrogen and oxygen atoms in total. The summed E-state index contributed by atoms with van der Waals surface area (Å²) in [5, 5.41) is 0. The molecule has 1 aromatic heterocycles. The first kappa shape index (κ1) is 13.7. The minimum Gasteiger partial charge on any atom is -0.338 e. The number of carbonyl (C=O) groups excluding carboxylic acids is 1. The third kappa shape index (κ3) is 3.88. The maximum atomic E-state index is 12.2. The maximum Gasteiger partial charge on any atom is 0.401 e. The molecule has 0 saturated carbocycles. The molecule has 1 fully saturated rings. The van der Waals surface area contributed by atoms with Crippen molar-refractivity contribution in [3.05, 3.63) is 18.0 Å². The molecule has 0 amide bonds. The summed E-state index contributed by atoms with van der Waals surface area (Å²) in [6, 6.07) is 0. The van der Waals surface area contributed by atoms with Gasteiger partial charge in [-0.3, -0.25) is 9.69 Å². The fraction of sp³-hybridized carbons (Fsp3) is 0.545. The molecule has 1 aliphatic rings. The Morgan fingerprint density at radius 2 is 1.74 bits per heavy atom. The molecule has 0 radical (unpaired) electrons. The standard InChI is InChI=1S/C11H13F3N4O/c12-11(13,14)8-17-1-3-18(4-2-17)10-15-5-9(7-19)6-16-10/h5-7H,1-4,8H2. The fourth-order valence-corrected chi connectivity index (χ4v) is 1.91. The highest BCUT2D eigenvalue weighted by molar-refractivity contribution is 5.73. The lowest BCUT2D eigenvalue weighted by atomic mass is 10.3. The molecular formula is C11H13F3N4O. The Bertz CT molecular complexity index is 427. The van der Waals surface area contributed by atoms with Crippen molar-refractivity contribution in [3.8, 4) is 0 Å². The SMILES string of the molecule is O=Cc1cnc(N2CCN(CC(F)(F)F)CC2)nc1. The summed E-state index contributed by atoms with van der Waals surface area (Å²) in [7, 11) is 0. The zero-order valence-electron chi connectivity index (χ0n) is 10.1. The molecule has 0 aliphatic carbocycles. The Morgan fingerprint density at radius 3 is 2.21 bits per heavy atom. The Kier molecular flexibility index (Phi) is 3.98. The second kappa shape index (κ2) is 5.52. The number of rotatable bonds is 3. The minimum absolute atomic E-state index is 0.318. The zero-order valence-corrected chi connectivity index (χ0v) is 10.1. The lowest BCUT2D eigenvalue weighted by molar-refractivity contribution is -0.146. The van der Waals surface area contributed by atoms with Gasteiger partial charge in [0.1, 0.15) is 0 Å². The molecule has 0 spiro atoms. The smallest absolute Gasteiger partial charge is 0.338 e. The Morgan fingerprint density at radius 1 is 1.16 bits per heavy atom. The first-order valence-corrected chi connectivity index (χ1v) is 5.79. The van der Waals surface area contributed by atoms with E-state index in [1.165, 1.54) is 17.3 Å². The number of hydrogen-bond donors (Lipinski definition) is 0.